The van der Waals surface area contributed by atoms with Crippen LogP contribution in [0.15, 0.2) is 24.5 Å². The molecule has 0 aliphatic carbocycles. The fourth-order valence-corrected chi connectivity index (χ4v) is 2.67. The van der Waals surface area contributed by atoms with Gasteiger partial charge in [0.15, 0.2) is 0 Å². The monoisotopic (exact) mass is 261 g/mol. The highest BCUT2D eigenvalue weighted by atomic mass is 16.2. The van der Waals surface area contributed by atoms with Crippen molar-refractivity contribution in [2.45, 2.75) is 31.7 Å². The van der Waals surface area contributed by atoms with E-state index in [0.717, 1.165) is 32.4 Å². The van der Waals surface area contributed by atoms with E-state index in [1.165, 1.54) is 5.56 Å². The summed E-state index contributed by atoms with van der Waals surface area (Å²) >= 11 is 0. The van der Waals surface area contributed by atoms with E-state index in [1.807, 2.05) is 31.3 Å². The average molecular weight is 261 g/mol. The first-order valence-electron chi connectivity index (χ1n) is 7.02. The number of carbonyl (C=O) groups excluding carboxylic acids is 1. The van der Waals surface area contributed by atoms with Crippen molar-refractivity contribution in [3.63, 3.8) is 0 Å². The van der Waals surface area contributed by atoms with Gasteiger partial charge in [-0.3, -0.25) is 9.78 Å². The Morgan fingerprint density at radius 3 is 3.05 bits per heavy atom. The third kappa shape index (κ3) is 3.77. The van der Waals surface area contributed by atoms with Crippen LogP contribution in [0.25, 0.3) is 0 Å². The summed E-state index contributed by atoms with van der Waals surface area (Å²) < 4.78 is 0. The lowest BCUT2D eigenvalue weighted by Gasteiger charge is -2.25. The van der Waals surface area contributed by atoms with E-state index in [2.05, 4.69) is 16.0 Å². The van der Waals surface area contributed by atoms with Crippen LogP contribution < -0.4 is 0 Å². The van der Waals surface area contributed by atoms with Crippen molar-refractivity contribution in [3.8, 4) is 0 Å². The second-order valence-corrected chi connectivity index (χ2v) is 5.44. The zero-order valence-corrected chi connectivity index (χ0v) is 11.9. The number of amides is 1. The molecule has 1 amide bonds. The van der Waals surface area contributed by atoms with E-state index in [1.54, 1.807) is 6.20 Å². The van der Waals surface area contributed by atoms with Crippen molar-refractivity contribution in [3.05, 3.63) is 30.1 Å². The Morgan fingerprint density at radius 2 is 2.37 bits per heavy atom. The molecular formula is C15H23N3O. The van der Waals surface area contributed by atoms with Gasteiger partial charge >= 0.3 is 0 Å². The molecule has 2 rings (SSSR count). The Bertz CT molecular complexity index is 405. The van der Waals surface area contributed by atoms with Crippen LogP contribution in [0.2, 0.25) is 0 Å². The molecule has 104 valence electrons. The normalized spacial score (nSPS) is 19.1. The summed E-state index contributed by atoms with van der Waals surface area (Å²) in [6.45, 7) is 1.86. The number of pyridine rings is 1. The maximum Gasteiger partial charge on any atom is 0.223 e. The second kappa shape index (κ2) is 6.66. The topological polar surface area (TPSA) is 36.4 Å². The molecule has 2 heterocycles. The highest BCUT2D eigenvalue weighted by Gasteiger charge is 2.29. The lowest BCUT2D eigenvalue weighted by atomic mass is 10.1. The van der Waals surface area contributed by atoms with Crippen molar-refractivity contribution in [2.75, 3.05) is 27.2 Å². The molecule has 4 nitrogen and oxygen atoms in total. The van der Waals surface area contributed by atoms with E-state index in [-0.39, 0.29) is 11.9 Å². The average Bonchev–Trinajstić information content (AvgIpc) is 2.88. The van der Waals surface area contributed by atoms with Crippen molar-refractivity contribution in [1.29, 1.82) is 0 Å². The van der Waals surface area contributed by atoms with E-state index in [0.29, 0.717) is 6.42 Å². The molecule has 0 radical (unpaired) electrons. The minimum absolute atomic E-state index is 0.237. The van der Waals surface area contributed by atoms with Crippen LogP contribution in [0, 0.1) is 0 Å². The second-order valence-electron chi connectivity index (χ2n) is 5.44. The third-order valence-corrected chi connectivity index (χ3v) is 3.64. The summed E-state index contributed by atoms with van der Waals surface area (Å²) in [5, 5.41) is 0. The van der Waals surface area contributed by atoms with Gasteiger partial charge in [-0.2, -0.15) is 0 Å². The fourth-order valence-electron chi connectivity index (χ4n) is 2.67. The van der Waals surface area contributed by atoms with E-state index in [4.69, 9.17) is 0 Å². The molecule has 1 saturated heterocycles. The van der Waals surface area contributed by atoms with Crippen LogP contribution >= 0.6 is 0 Å². The molecule has 0 unspecified atom stereocenters. The molecule has 0 spiro atoms. The van der Waals surface area contributed by atoms with Crippen LogP contribution in [0.1, 0.15) is 37.3 Å². The van der Waals surface area contributed by atoms with Crippen LogP contribution in [0.4, 0.5) is 0 Å². The predicted octanol–water partition coefficient (Wildman–Crippen LogP) is 2.09. The molecule has 0 saturated carbocycles. The largest absolute Gasteiger partial charge is 0.336 e. The van der Waals surface area contributed by atoms with Gasteiger partial charge < -0.3 is 9.80 Å². The van der Waals surface area contributed by atoms with Crippen LogP contribution in [0.3, 0.4) is 0 Å². The van der Waals surface area contributed by atoms with Crippen LogP contribution in [-0.2, 0) is 4.79 Å². The maximum absolute atomic E-state index is 12.3. The number of nitrogens with zero attached hydrogens (tertiary/aromatic N) is 3. The Hall–Kier alpha value is -1.42. The van der Waals surface area contributed by atoms with Gasteiger partial charge in [-0.1, -0.05) is 6.07 Å². The highest BCUT2D eigenvalue weighted by molar-refractivity contribution is 5.77. The van der Waals surface area contributed by atoms with Crippen molar-refractivity contribution in [2.24, 2.45) is 0 Å². The quantitative estimate of drug-likeness (QED) is 0.814. The first-order valence-corrected chi connectivity index (χ1v) is 7.02. The summed E-state index contributed by atoms with van der Waals surface area (Å²) in [6.07, 6.45) is 7.40. The summed E-state index contributed by atoms with van der Waals surface area (Å²) in [5.41, 5.74) is 1.17. The summed E-state index contributed by atoms with van der Waals surface area (Å²) in [4.78, 5) is 20.6. The summed E-state index contributed by atoms with van der Waals surface area (Å²) in [5.74, 6) is 0.285. The zero-order chi connectivity index (χ0) is 13.7. The number of carbonyl (C=O) groups is 1. The van der Waals surface area contributed by atoms with Crippen molar-refractivity contribution < 1.29 is 4.79 Å². The van der Waals surface area contributed by atoms with Crippen molar-refractivity contribution >= 4 is 5.91 Å². The smallest absolute Gasteiger partial charge is 0.223 e. The minimum Gasteiger partial charge on any atom is -0.336 e. The van der Waals surface area contributed by atoms with Gasteiger partial charge in [0.1, 0.15) is 0 Å². The van der Waals surface area contributed by atoms with E-state index < -0.39 is 0 Å². The minimum atomic E-state index is 0.237. The van der Waals surface area contributed by atoms with Gasteiger partial charge in [0.25, 0.3) is 0 Å². The molecular weight excluding hydrogens is 238 g/mol. The Kier molecular flexibility index (Phi) is 4.91. The molecule has 0 N–H and O–H groups in total. The Labute approximate surface area is 115 Å². The van der Waals surface area contributed by atoms with Gasteiger partial charge in [-0.15, -0.1) is 0 Å². The zero-order valence-electron chi connectivity index (χ0n) is 11.9. The molecule has 1 aromatic heterocycles. The third-order valence-electron chi connectivity index (χ3n) is 3.64. The maximum atomic E-state index is 12.3. The molecule has 0 bridgehead atoms. The molecule has 1 aliphatic rings. The SMILES string of the molecule is CN(C)CCCC(=O)N1CCC[C@@H]1c1cccnc1. The Morgan fingerprint density at radius 1 is 1.53 bits per heavy atom. The van der Waals surface area contributed by atoms with Gasteiger partial charge in [-0.05, 0) is 51.5 Å². The number of rotatable bonds is 5. The molecule has 19 heavy (non-hydrogen) atoms. The number of hydrogen-bond acceptors (Lipinski definition) is 3. The highest BCUT2D eigenvalue weighted by Crippen LogP contribution is 2.31. The van der Waals surface area contributed by atoms with E-state index in [9.17, 15) is 4.79 Å². The standard InChI is InChI=1S/C15H23N3O/c1-17(2)10-5-8-15(19)18-11-4-7-14(18)13-6-3-9-16-12-13/h3,6,9,12,14H,4-5,7-8,10-11H2,1-2H3/t14-/m1/s1. The molecule has 1 aliphatic heterocycles. The van der Waals surface area contributed by atoms with Gasteiger partial charge in [0.2, 0.25) is 5.91 Å². The molecule has 1 fully saturated rings. The number of likely N-dealkylation sites (tertiary alicyclic amines) is 1. The van der Waals surface area contributed by atoms with Crippen LogP contribution in [0.5, 0.6) is 0 Å². The Balaban J connectivity index is 1.93. The van der Waals surface area contributed by atoms with Gasteiger partial charge in [-0.25, -0.2) is 0 Å². The van der Waals surface area contributed by atoms with Gasteiger partial charge in [0.05, 0.1) is 6.04 Å². The predicted molar refractivity (Wildman–Crippen MR) is 75.7 cm³/mol. The number of hydrogen-bond donors (Lipinski definition) is 0. The van der Waals surface area contributed by atoms with Gasteiger partial charge in [0, 0.05) is 25.4 Å². The molecule has 1 atom stereocenters. The lowest BCUT2D eigenvalue weighted by Crippen LogP contribution is -2.31. The first-order chi connectivity index (χ1) is 9.18. The molecule has 0 aromatic carbocycles. The van der Waals surface area contributed by atoms with Crippen LogP contribution in [-0.4, -0.2) is 47.9 Å². The number of aromatic nitrogens is 1. The summed E-state index contributed by atoms with van der Waals surface area (Å²) in [7, 11) is 4.08. The molecule has 4 heteroatoms. The fraction of sp³-hybridized carbons (Fsp3) is 0.600. The van der Waals surface area contributed by atoms with Crippen molar-refractivity contribution in [1.82, 2.24) is 14.8 Å². The first kappa shape index (κ1) is 14.0. The molecule has 1 aromatic rings. The van der Waals surface area contributed by atoms with E-state index >= 15 is 0 Å². The summed E-state index contributed by atoms with van der Waals surface area (Å²) in [6, 6.07) is 4.26. The lowest BCUT2D eigenvalue weighted by molar-refractivity contribution is -0.132.